The lowest BCUT2D eigenvalue weighted by atomic mass is 10.0. The number of rotatable bonds is 16. The van der Waals surface area contributed by atoms with Crippen LogP contribution < -0.4 is 0 Å². The van der Waals surface area contributed by atoms with Gasteiger partial charge >= 0.3 is 0 Å². The normalized spacial score (nSPS) is 11.6. The van der Waals surface area contributed by atoms with Crippen molar-refractivity contribution in [2.24, 2.45) is 0 Å². The summed E-state index contributed by atoms with van der Waals surface area (Å²) < 4.78 is 2.45. The Morgan fingerprint density at radius 2 is 1.19 bits per heavy atom. The average Bonchev–Trinajstić information content (AvgIpc) is 3.12. The van der Waals surface area contributed by atoms with E-state index in [1.807, 2.05) is 6.07 Å². The number of unbranched alkanes of at least 4 members (excludes halogenated alkanes) is 13. The summed E-state index contributed by atoms with van der Waals surface area (Å²) in [6, 6.07) is 14.8. The number of nitrogens with zero attached hydrogens (tertiary/aromatic N) is 1. The number of aryl methyl sites for hydroxylation is 1. The highest BCUT2D eigenvalue weighted by Crippen LogP contribution is 2.30. The third-order valence-electron chi connectivity index (χ3n) is 6.91. The highest BCUT2D eigenvalue weighted by Gasteiger charge is 2.11. The van der Waals surface area contributed by atoms with Crippen LogP contribution in [0, 0.1) is 0 Å². The number of Topliss-reactive ketones (excluding diaryl/α,β-unsaturated/α-hetero) is 1. The number of para-hydroxylation sites is 1. The fourth-order valence-corrected chi connectivity index (χ4v) is 4.98. The van der Waals surface area contributed by atoms with Crippen LogP contribution in [0.15, 0.2) is 42.5 Å². The summed E-state index contributed by atoms with van der Waals surface area (Å²) in [4.78, 5) is 11.8. The van der Waals surface area contributed by atoms with Gasteiger partial charge in [0.2, 0.25) is 0 Å². The van der Waals surface area contributed by atoms with E-state index in [-0.39, 0.29) is 5.78 Å². The van der Waals surface area contributed by atoms with Crippen LogP contribution in [0.1, 0.15) is 114 Å². The van der Waals surface area contributed by atoms with Gasteiger partial charge in [-0.1, -0.05) is 109 Å². The molecule has 0 aliphatic rings. The highest BCUT2D eigenvalue weighted by molar-refractivity contribution is 6.10. The first-order chi connectivity index (χ1) is 15.7. The largest absolute Gasteiger partial charge is 0.340 e. The van der Waals surface area contributed by atoms with Crippen LogP contribution in [0.25, 0.3) is 21.8 Å². The third kappa shape index (κ3) is 6.95. The Morgan fingerprint density at radius 3 is 1.78 bits per heavy atom. The molecule has 0 aliphatic carbocycles. The monoisotopic (exact) mass is 433 g/mol. The van der Waals surface area contributed by atoms with Gasteiger partial charge in [0.1, 0.15) is 0 Å². The quantitative estimate of drug-likeness (QED) is 0.163. The van der Waals surface area contributed by atoms with Crippen molar-refractivity contribution in [1.82, 2.24) is 4.57 Å². The van der Waals surface area contributed by atoms with E-state index < -0.39 is 0 Å². The van der Waals surface area contributed by atoms with Crippen LogP contribution in [-0.2, 0) is 6.54 Å². The lowest BCUT2D eigenvalue weighted by Crippen LogP contribution is -1.98. The Labute approximate surface area is 195 Å². The van der Waals surface area contributed by atoms with Gasteiger partial charge in [-0.05, 0) is 37.6 Å². The molecular weight excluding hydrogens is 390 g/mol. The van der Waals surface area contributed by atoms with Crippen molar-refractivity contribution in [3.63, 3.8) is 0 Å². The number of ketones is 1. The van der Waals surface area contributed by atoms with Gasteiger partial charge in [0.15, 0.2) is 5.78 Å². The molecule has 174 valence electrons. The van der Waals surface area contributed by atoms with Crippen LogP contribution in [-0.4, -0.2) is 10.4 Å². The molecule has 0 amide bonds. The fraction of sp³-hybridized carbons (Fsp3) is 0.567. The first kappa shape index (κ1) is 24.6. The average molecular weight is 434 g/mol. The van der Waals surface area contributed by atoms with E-state index in [1.54, 1.807) is 6.92 Å². The molecule has 0 saturated heterocycles. The second-order valence-electron chi connectivity index (χ2n) is 9.55. The topological polar surface area (TPSA) is 22.0 Å². The molecule has 2 aromatic carbocycles. The number of carbonyl (C=O) groups excluding carboxylic acids is 1. The minimum absolute atomic E-state index is 0.135. The van der Waals surface area contributed by atoms with Gasteiger partial charge in [0.25, 0.3) is 0 Å². The number of hydrogen-bond acceptors (Lipinski definition) is 1. The fourth-order valence-electron chi connectivity index (χ4n) is 4.98. The van der Waals surface area contributed by atoms with Gasteiger partial charge in [-0.25, -0.2) is 0 Å². The van der Waals surface area contributed by atoms with E-state index >= 15 is 0 Å². The van der Waals surface area contributed by atoms with E-state index in [2.05, 4.69) is 47.9 Å². The Kier molecular flexibility index (Phi) is 10.3. The number of carbonyl (C=O) groups is 1. The Bertz CT molecular complexity index is 968. The standard InChI is InChI=1S/C30H43NO/c1-3-4-5-6-7-8-9-10-11-12-13-14-15-18-23-31-29-20-17-16-19-27(29)28-24-26(25(2)32)21-22-30(28)31/h16-17,19-22,24H,3-15,18,23H2,1-2H3. The molecule has 3 aromatic rings. The molecule has 32 heavy (non-hydrogen) atoms. The molecule has 0 radical (unpaired) electrons. The highest BCUT2D eigenvalue weighted by atomic mass is 16.1. The third-order valence-corrected chi connectivity index (χ3v) is 6.91. The van der Waals surface area contributed by atoms with Gasteiger partial charge in [-0.15, -0.1) is 0 Å². The molecule has 0 saturated carbocycles. The van der Waals surface area contributed by atoms with E-state index in [1.165, 1.54) is 112 Å². The minimum Gasteiger partial charge on any atom is -0.340 e. The first-order valence-corrected chi connectivity index (χ1v) is 13.2. The summed E-state index contributed by atoms with van der Waals surface area (Å²) in [5, 5.41) is 2.47. The van der Waals surface area contributed by atoms with Crippen molar-refractivity contribution in [3.05, 3.63) is 48.0 Å². The van der Waals surface area contributed by atoms with Gasteiger partial charge in [0, 0.05) is 33.9 Å². The Balaban J connectivity index is 1.37. The molecule has 0 spiro atoms. The van der Waals surface area contributed by atoms with Crippen molar-refractivity contribution < 1.29 is 4.79 Å². The molecule has 0 atom stereocenters. The molecule has 0 unspecified atom stereocenters. The second kappa shape index (κ2) is 13.5. The predicted octanol–water partition coefficient (Wildman–Crippen LogP) is 9.48. The van der Waals surface area contributed by atoms with Gasteiger partial charge in [0.05, 0.1) is 0 Å². The van der Waals surface area contributed by atoms with Crippen molar-refractivity contribution in [1.29, 1.82) is 0 Å². The summed E-state index contributed by atoms with van der Waals surface area (Å²) in [6.45, 7) is 4.99. The van der Waals surface area contributed by atoms with Crippen molar-refractivity contribution >= 4 is 27.6 Å². The van der Waals surface area contributed by atoms with Crippen molar-refractivity contribution in [2.45, 2.75) is 110 Å². The van der Waals surface area contributed by atoms with Crippen LogP contribution in [0.2, 0.25) is 0 Å². The van der Waals surface area contributed by atoms with E-state index in [0.717, 1.165) is 12.1 Å². The number of benzene rings is 2. The zero-order chi connectivity index (χ0) is 22.6. The van der Waals surface area contributed by atoms with Gasteiger partial charge in [-0.2, -0.15) is 0 Å². The molecule has 1 aromatic heterocycles. The Hall–Kier alpha value is -2.09. The first-order valence-electron chi connectivity index (χ1n) is 13.2. The zero-order valence-corrected chi connectivity index (χ0v) is 20.5. The van der Waals surface area contributed by atoms with Crippen LogP contribution in [0.3, 0.4) is 0 Å². The molecule has 2 nitrogen and oxygen atoms in total. The SMILES string of the molecule is CCCCCCCCCCCCCCCCn1c2ccccc2c2cc(C(C)=O)ccc21. The summed E-state index contributed by atoms with van der Waals surface area (Å²) >= 11 is 0. The van der Waals surface area contributed by atoms with Crippen LogP contribution in [0.5, 0.6) is 0 Å². The number of aromatic nitrogens is 1. The van der Waals surface area contributed by atoms with E-state index in [4.69, 9.17) is 0 Å². The van der Waals surface area contributed by atoms with Crippen molar-refractivity contribution in [2.75, 3.05) is 0 Å². The summed E-state index contributed by atoms with van der Waals surface area (Å²) in [5.74, 6) is 0.135. The smallest absolute Gasteiger partial charge is 0.159 e. The molecule has 0 bridgehead atoms. The second-order valence-corrected chi connectivity index (χ2v) is 9.55. The van der Waals surface area contributed by atoms with Gasteiger partial charge in [-0.3, -0.25) is 4.79 Å². The van der Waals surface area contributed by atoms with Crippen LogP contribution in [0.4, 0.5) is 0 Å². The number of hydrogen-bond donors (Lipinski definition) is 0. The molecule has 3 rings (SSSR count). The molecule has 0 fully saturated rings. The van der Waals surface area contributed by atoms with Crippen molar-refractivity contribution in [3.8, 4) is 0 Å². The predicted molar refractivity (Wildman–Crippen MR) is 140 cm³/mol. The molecule has 2 heteroatoms. The van der Waals surface area contributed by atoms with E-state index in [0.29, 0.717) is 0 Å². The zero-order valence-electron chi connectivity index (χ0n) is 20.5. The van der Waals surface area contributed by atoms with E-state index in [9.17, 15) is 4.79 Å². The molecule has 0 aliphatic heterocycles. The summed E-state index contributed by atoms with van der Waals surface area (Å²) in [7, 11) is 0. The maximum atomic E-state index is 11.8. The number of fused-ring (bicyclic) bond motifs is 3. The molecule has 0 N–H and O–H groups in total. The maximum absolute atomic E-state index is 11.8. The Morgan fingerprint density at radius 1 is 0.656 bits per heavy atom. The lowest BCUT2D eigenvalue weighted by molar-refractivity contribution is 0.101. The molecular formula is C30H43NO. The maximum Gasteiger partial charge on any atom is 0.159 e. The minimum atomic E-state index is 0.135. The summed E-state index contributed by atoms with van der Waals surface area (Å²) in [6.07, 6.45) is 19.5. The molecule has 1 heterocycles. The van der Waals surface area contributed by atoms with Crippen LogP contribution >= 0.6 is 0 Å². The summed E-state index contributed by atoms with van der Waals surface area (Å²) in [5.41, 5.74) is 3.35. The lowest BCUT2D eigenvalue weighted by Gasteiger charge is -2.08. The van der Waals surface area contributed by atoms with Gasteiger partial charge < -0.3 is 4.57 Å².